The number of hydrogen-bond donors (Lipinski definition) is 2. The summed E-state index contributed by atoms with van der Waals surface area (Å²) in [6.07, 6.45) is 5.77. The third-order valence-corrected chi connectivity index (χ3v) is 6.48. The quantitative estimate of drug-likeness (QED) is 0.265. The highest BCUT2D eigenvalue weighted by atomic mass is 31.0. The number of carbonyl (C=O) groups excluding carboxylic acids is 1. The van der Waals surface area contributed by atoms with Gasteiger partial charge in [-0.3, -0.25) is 9.78 Å². The van der Waals surface area contributed by atoms with Crippen molar-refractivity contribution in [1.29, 1.82) is 0 Å². The molecule has 0 spiro atoms. The molecule has 1 aromatic heterocycles. The number of carbonyl (C=O) groups is 1. The van der Waals surface area contributed by atoms with Gasteiger partial charge in [-0.25, -0.2) is 4.39 Å². The predicted octanol–water partition coefficient (Wildman–Crippen LogP) is 6.19. The third kappa shape index (κ3) is 5.01. The summed E-state index contributed by atoms with van der Waals surface area (Å²) in [4.78, 5) is 17.3. The van der Waals surface area contributed by atoms with E-state index in [0.29, 0.717) is 29.8 Å². The van der Waals surface area contributed by atoms with Crippen molar-refractivity contribution < 1.29 is 9.18 Å². The topological polar surface area (TPSA) is 68.0 Å². The van der Waals surface area contributed by atoms with Gasteiger partial charge in [-0.05, 0) is 71.7 Å². The molecule has 2 heterocycles. The zero-order valence-corrected chi connectivity index (χ0v) is 20.2. The van der Waals surface area contributed by atoms with Crippen LogP contribution in [0.25, 0.3) is 27.8 Å². The number of rotatable bonds is 2. The summed E-state index contributed by atoms with van der Waals surface area (Å²) < 4.78 is 14.1. The molecule has 1 amide bonds. The largest absolute Gasteiger partial charge is 0.398 e. The van der Waals surface area contributed by atoms with E-state index in [2.05, 4.69) is 20.6 Å². The van der Waals surface area contributed by atoms with Gasteiger partial charge in [-0.2, -0.15) is 0 Å². The molecule has 6 heteroatoms. The van der Waals surface area contributed by atoms with Gasteiger partial charge in [-0.1, -0.05) is 36.4 Å². The molecule has 1 aliphatic rings. The number of hydrogen-bond acceptors (Lipinski definition) is 3. The molecule has 4 aromatic rings. The number of nitrogen functional groups attached to an aromatic ring is 1. The normalized spacial score (nSPS) is 15.1. The second-order valence-electron chi connectivity index (χ2n) is 8.61. The van der Waals surface area contributed by atoms with Crippen LogP contribution in [-0.4, -0.2) is 10.9 Å². The number of halogens is 1. The highest BCUT2D eigenvalue weighted by Gasteiger charge is 2.15. The molecule has 0 saturated heterocycles. The molecule has 5 rings (SSSR count). The molecule has 0 fully saturated rings. The van der Waals surface area contributed by atoms with Crippen molar-refractivity contribution >= 4 is 37.4 Å². The molecule has 1 aliphatic heterocycles. The van der Waals surface area contributed by atoms with Crippen LogP contribution in [0.1, 0.15) is 30.5 Å². The minimum atomic E-state index is -0.350. The first kappa shape index (κ1) is 22.9. The number of benzene rings is 3. The first-order chi connectivity index (χ1) is 17.0. The Morgan fingerprint density at radius 1 is 0.914 bits per heavy atom. The zero-order chi connectivity index (χ0) is 24.4. The number of amides is 1. The number of nitrogens with zero attached hydrogens (tertiary/aromatic N) is 1. The van der Waals surface area contributed by atoms with Crippen LogP contribution in [0.5, 0.6) is 0 Å². The maximum atomic E-state index is 14.1. The van der Waals surface area contributed by atoms with Crippen LogP contribution in [-0.2, 0) is 4.79 Å². The molecule has 4 nitrogen and oxygen atoms in total. The average molecular weight is 482 g/mol. The molecule has 0 saturated carbocycles. The molecular weight excluding hydrogens is 456 g/mol. The first-order valence-corrected chi connectivity index (χ1v) is 12.1. The minimum absolute atomic E-state index is 0.0825. The fraction of sp³-hybridized carbons (Fsp3) is 0.103. The van der Waals surface area contributed by atoms with Crippen LogP contribution in [0, 0.1) is 5.82 Å². The van der Waals surface area contributed by atoms with E-state index in [1.54, 1.807) is 6.07 Å². The lowest BCUT2D eigenvalue weighted by molar-refractivity contribution is -0.116. The number of fused-ring (bicyclic) bond motifs is 4. The first-order valence-electron chi connectivity index (χ1n) is 11.5. The number of nitrogens with one attached hydrogen (secondary N) is 1. The van der Waals surface area contributed by atoms with E-state index in [0.717, 1.165) is 45.2 Å². The maximum absolute atomic E-state index is 14.1. The van der Waals surface area contributed by atoms with Crippen molar-refractivity contribution in [3.05, 3.63) is 102 Å². The summed E-state index contributed by atoms with van der Waals surface area (Å²) in [6.45, 7) is 0. The highest BCUT2D eigenvalue weighted by molar-refractivity contribution is 7.27. The van der Waals surface area contributed by atoms with Gasteiger partial charge < -0.3 is 11.1 Å². The van der Waals surface area contributed by atoms with Gasteiger partial charge >= 0.3 is 0 Å². The Bertz CT molecular complexity index is 1450. The summed E-state index contributed by atoms with van der Waals surface area (Å²) >= 11 is 0. The molecule has 0 aliphatic carbocycles. The standard InChI is InChI=1S/C29H25FN3OP/c30-21-9-13-28-25(15-21)19-5-3-4-18(14-19)23(6-1-2-7-29(34)33-28)27-12-8-20(17-32-27)24-16-22(35)10-11-26(24)31/h3-6,8-17H,1-2,7,31,35H2,(H,33,34)/b23-6+. The summed E-state index contributed by atoms with van der Waals surface area (Å²) in [5.74, 6) is -0.432. The van der Waals surface area contributed by atoms with Crippen molar-refractivity contribution in [2.24, 2.45) is 0 Å². The summed E-state index contributed by atoms with van der Waals surface area (Å²) in [5.41, 5.74) is 13.6. The van der Waals surface area contributed by atoms with E-state index >= 15 is 0 Å². The van der Waals surface area contributed by atoms with Crippen LogP contribution >= 0.6 is 9.24 Å². The van der Waals surface area contributed by atoms with E-state index in [1.807, 2.05) is 60.8 Å². The Kier molecular flexibility index (Phi) is 6.43. The Morgan fingerprint density at radius 3 is 2.60 bits per heavy atom. The zero-order valence-electron chi connectivity index (χ0n) is 19.1. The number of nitrogens with two attached hydrogens (primary N) is 1. The average Bonchev–Trinajstić information content (AvgIpc) is 2.86. The maximum Gasteiger partial charge on any atom is 0.224 e. The molecule has 3 aromatic carbocycles. The lowest BCUT2D eigenvalue weighted by Gasteiger charge is -2.15. The number of pyridine rings is 1. The Balaban J connectivity index is 1.58. The van der Waals surface area contributed by atoms with Gasteiger partial charge in [-0.15, -0.1) is 9.24 Å². The summed E-state index contributed by atoms with van der Waals surface area (Å²) in [6, 6.07) is 22.3. The van der Waals surface area contributed by atoms with Crippen LogP contribution in [0.2, 0.25) is 0 Å². The van der Waals surface area contributed by atoms with Gasteiger partial charge in [0.1, 0.15) is 5.82 Å². The van der Waals surface area contributed by atoms with Gasteiger partial charge in [0.2, 0.25) is 5.91 Å². The second kappa shape index (κ2) is 9.81. The molecule has 1 unspecified atom stereocenters. The Labute approximate surface area is 206 Å². The minimum Gasteiger partial charge on any atom is -0.398 e. The van der Waals surface area contributed by atoms with Gasteiger partial charge in [0, 0.05) is 46.3 Å². The Hall–Kier alpha value is -3.82. The smallest absolute Gasteiger partial charge is 0.224 e. The molecule has 2 bridgehead atoms. The van der Waals surface area contributed by atoms with Crippen molar-refractivity contribution in [2.45, 2.75) is 19.3 Å². The van der Waals surface area contributed by atoms with Crippen LogP contribution in [0.3, 0.4) is 0 Å². The van der Waals surface area contributed by atoms with E-state index in [9.17, 15) is 9.18 Å². The Morgan fingerprint density at radius 2 is 1.77 bits per heavy atom. The highest BCUT2D eigenvalue weighted by Crippen LogP contribution is 2.34. The second-order valence-corrected chi connectivity index (χ2v) is 9.27. The van der Waals surface area contributed by atoms with Crippen LogP contribution < -0.4 is 16.4 Å². The van der Waals surface area contributed by atoms with Crippen LogP contribution in [0.4, 0.5) is 15.8 Å². The molecule has 3 N–H and O–H groups in total. The van der Waals surface area contributed by atoms with Crippen LogP contribution in [0.15, 0.2) is 85.1 Å². The van der Waals surface area contributed by atoms with Gasteiger partial charge in [0.25, 0.3) is 0 Å². The van der Waals surface area contributed by atoms with E-state index < -0.39 is 0 Å². The fourth-order valence-corrected chi connectivity index (χ4v) is 4.61. The number of anilines is 2. The van der Waals surface area contributed by atoms with Crippen molar-refractivity contribution in [1.82, 2.24) is 4.98 Å². The van der Waals surface area contributed by atoms with Crippen molar-refractivity contribution in [3.63, 3.8) is 0 Å². The lowest BCUT2D eigenvalue weighted by atomic mass is 9.94. The van der Waals surface area contributed by atoms with Crippen molar-refractivity contribution in [2.75, 3.05) is 11.1 Å². The van der Waals surface area contributed by atoms with E-state index in [-0.39, 0.29) is 11.7 Å². The SMILES string of the molecule is Nc1ccc(P)cc1-c1ccc(/C2=C/CCCC(=O)Nc3ccc(F)cc3-c3cccc2c3)nc1. The van der Waals surface area contributed by atoms with Gasteiger partial charge in [0.15, 0.2) is 0 Å². The number of aromatic nitrogens is 1. The summed E-state index contributed by atoms with van der Waals surface area (Å²) in [5, 5.41) is 3.99. The summed E-state index contributed by atoms with van der Waals surface area (Å²) in [7, 11) is 2.69. The molecule has 35 heavy (non-hydrogen) atoms. The molecular formula is C29H25FN3OP. The van der Waals surface area contributed by atoms with E-state index in [1.165, 1.54) is 12.1 Å². The monoisotopic (exact) mass is 481 g/mol. The lowest BCUT2D eigenvalue weighted by Crippen LogP contribution is -2.12. The fourth-order valence-electron chi connectivity index (χ4n) is 4.35. The van der Waals surface area contributed by atoms with E-state index in [4.69, 9.17) is 10.7 Å². The predicted molar refractivity (Wildman–Crippen MR) is 145 cm³/mol. The molecule has 1 atom stereocenters. The molecule has 0 radical (unpaired) electrons. The number of allylic oxidation sites excluding steroid dienone is 1. The third-order valence-electron chi connectivity index (χ3n) is 6.12. The molecule has 174 valence electrons. The van der Waals surface area contributed by atoms with Gasteiger partial charge in [0.05, 0.1) is 5.69 Å². The van der Waals surface area contributed by atoms with Crippen molar-refractivity contribution in [3.8, 4) is 22.3 Å².